The third-order valence-electron chi connectivity index (χ3n) is 8.34. The molecule has 264 valence electrons. The van der Waals surface area contributed by atoms with Gasteiger partial charge in [-0.2, -0.15) is 9.65 Å². The van der Waals surface area contributed by atoms with Gasteiger partial charge in [0.2, 0.25) is 11.7 Å². The van der Waals surface area contributed by atoms with Gasteiger partial charge in [0.25, 0.3) is 12.4 Å². The fourth-order valence-electron chi connectivity index (χ4n) is 5.88. The van der Waals surface area contributed by atoms with Crippen LogP contribution in [0, 0.1) is 35.8 Å². The van der Waals surface area contributed by atoms with Gasteiger partial charge in [0, 0.05) is 68.9 Å². The van der Waals surface area contributed by atoms with Gasteiger partial charge < -0.3 is 35.4 Å². The van der Waals surface area contributed by atoms with Crippen molar-refractivity contribution in [2.24, 2.45) is 5.92 Å². The Labute approximate surface area is 286 Å². The lowest BCUT2D eigenvalue weighted by Gasteiger charge is -2.38. The molecule has 2 aromatic carbocycles. The van der Waals surface area contributed by atoms with Crippen LogP contribution in [0.4, 0.5) is 20.3 Å². The number of piperidine rings is 1. The monoisotopic (exact) mass is 692 g/mol. The number of ether oxygens (including phenoxy) is 1. The highest BCUT2D eigenvalue weighted by molar-refractivity contribution is 5.96. The minimum absolute atomic E-state index is 0.0285. The predicted octanol–water partition coefficient (Wildman–Crippen LogP) is 3.22. The Hall–Kier alpha value is -5.66. The van der Waals surface area contributed by atoms with Gasteiger partial charge in [-0.15, -0.1) is 0 Å². The number of hydrogen-bond donors (Lipinski definition) is 4. The molecule has 0 aliphatic carbocycles. The smallest absolute Gasteiger partial charge is 0.290 e. The first-order valence-corrected chi connectivity index (χ1v) is 15.7. The van der Waals surface area contributed by atoms with E-state index in [1.54, 1.807) is 38.6 Å². The number of carbonyl (C=O) groups is 3. The maximum absolute atomic E-state index is 14.8. The molecule has 50 heavy (non-hydrogen) atoms. The molecule has 0 radical (unpaired) electrons. The highest BCUT2D eigenvalue weighted by atomic mass is 19.2. The van der Waals surface area contributed by atoms with E-state index in [0.717, 1.165) is 5.56 Å². The number of aliphatic hydroxyl groups is 1. The summed E-state index contributed by atoms with van der Waals surface area (Å²) in [5.41, 5.74) is 2.75. The number of piperazine rings is 1. The SMILES string of the molecule is CC#N.COc1ccc(-c2cnc3c(Nc4ccc(C(=O)N5CCN(C(=O)[C@@H]6CCNC[C@@H]6O)CC5)c(C)c4)nccn23)c(F)c1F.O=CO. The number of amides is 2. The van der Waals surface area contributed by atoms with E-state index in [1.165, 1.54) is 38.6 Å². The molecule has 0 spiro atoms. The van der Waals surface area contributed by atoms with Crippen molar-refractivity contribution in [2.75, 3.05) is 51.7 Å². The van der Waals surface area contributed by atoms with Crippen molar-refractivity contribution >= 4 is 35.4 Å². The summed E-state index contributed by atoms with van der Waals surface area (Å²) in [6, 6.07) is 9.89. The standard InChI is InChI=1S/C31H33F2N7O4.C2H3N.CH2O2/c1-18-15-19(3-4-20(18)30(42)38-11-13-39(14-12-38)31(43)22-7-8-34-17-24(22)41)37-28-29-36-16-23(40(29)10-9-35-28)21-5-6-25(44-2)27(33)26(21)32;1-2-3;2-1-3/h3-6,9-10,15-16,22,24,34,41H,7-8,11-14,17H2,1-2H3,(H,35,37);1H3;1H,(H,2,3)/t22-,24+;;/m1../s1. The van der Waals surface area contributed by atoms with Crippen LogP contribution in [0.3, 0.4) is 0 Å². The molecular formula is C34H38F2N8O6. The van der Waals surface area contributed by atoms with Gasteiger partial charge in [-0.3, -0.25) is 18.8 Å². The van der Waals surface area contributed by atoms with Crippen LogP contribution in [-0.2, 0) is 9.59 Å². The van der Waals surface area contributed by atoms with Crippen LogP contribution >= 0.6 is 0 Å². The average molecular weight is 693 g/mol. The topological polar surface area (TPSA) is 185 Å². The van der Waals surface area contributed by atoms with Gasteiger partial charge in [0.05, 0.1) is 37.1 Å². The number of carboxylic acid groups (broad SMARTS) is 1. The number of aromatic nitrogens is 3. The first kappa shape index (κ1) is 37.2. The van der Waals surface area contributed by atoms with Crippen molar-refractivity contribution in [3.63, 3.8) is 0 Å². The number of halogens is 2. The molecule has 2 aliphatic rings. The Bertz CT molecular complexity index is 1870. The number of anilines is 2. The largest absolute Gasteiger partial charge is 0.494 e. The van der Waals surface area contributed by atoms with Crippen molar-refractivity contribution in [2.45, 2.75) is 26.4 Å². The number of methoxy groups -OCH3 is 1. The number of nitrogens with zero attached hydrogens (tertiary/aromatic N) is 6. The summed E-state index contributed by atoms with van der Waals surface area (Å²) < 4.78 is 35.7. The zero-order valence-corrected chi connectivity index (χ0v) is 27.8. The van der Waals surface area contributed by atoms with Crippen molar-refractivity contribution in [1.29, 1.82) is 5.26 Å². The molecule has 2 saturated heterocycles. The van der Waals surface area contributed by atoms with E-state index in [2.05, 4.69) is 20.6 Å². The second-order valence-corrected chi connectivity index (χ2v) is 11.3. The number of rotatable bonds is 6. The molecule has 2 aromatic heterocycles. The first-order valence-electron chi connectivity index (χ1n) is 15.7. The Balaban J connectivity index is 0.000000875. The Kier molecular flexibility index (Phi) is 12.7. The van der Waals surface area contributed by atoms with E-state index in [1.807, 2.05) is 13.0 Å². The zero-order chi connectivity index (χ0) is 36.4. The quantitative estimate of drug-likeness (QED) is 0.218. The third-order valence-corrected chi connectivity index (χ3v) is 8.34. The van der Waals surface area contributed by atoms with Gasteiger partial charge in [0.15, 0.2) is 23.0 Å². The number of hydrogen-bond acceptors (Lipinski definition) is 10. The predicted molar refractivity (Wildman–Crippen MR) is 179 cm³/mol. The fourth-order valence-corrected chi connectivity index (χ4v) is 5.88. The lowest BCUT2D eigenvalue weighted by molar-refractivity contribution is -0.142. The minimum Gasteiger partial charge on any atom is -0.494 e. The van der Waals surface area contributed by atoms with E-state index in [4.69, 9.17) is 19.9 Å². The summed E-state index contributed by atoms with van der Waals surface area (Å²) in [5, 5.41) is 30.7. The van der Waals surface area contributed by atoms with Crippen LogP contribution in [0.2, 0.25) is 0 Å². The number of nitriles is 1. The van der Waals surface area contributed by atoms with Crippen LogP contribution in [-0.4, -0.2) is 105 Å². The summed E-state index contributed by atoms with van der Waals surface area (Å²) in [7, 11) is 1.27. The minimum atomic E-state index is -1.08. The van der Waals surface area contributed by atoms with E-state index in [9.17, 15) is 23.5 Å². The van der Waals surface area contributed by atoms with Crippen LogP contribution in [0.5, 0.6) is 5.75 Å². The van der Waals surface area contributed by atoms with Crippen molar-refractivity contribution in [3.05, 3.63) is 71.7 Å². The second-order valence-electron chi connectivity index (χ2n) is 11.3. The molecule has 4 N–H and O–H groups in total. The Morgan fingerprint density at radius 3 is 2.44 bits per heavy atom. The number of fused-ring (bicyclic) bond motifs is 1. The van der Waals surface area contributed by atoms with Gasteiger partial charge in [0.1, 0.15) is 0 Å². The molecule has 6 rings (SSSR count). The molecule has 2 amide bonds. The second kappa shape index (κ2) is 17.1. The molecule has 16 heteroatoms. The first-order chi connectivity index (χ1) is 24.1. The van der Waals surface area contributed by atoms with Crippen molar-refractivity contribution in [1.82, 2.24) is 29.5 Å². The van der Waals surface area contributed by atoms with Gasteiger partial charge in [-0.25, -0.2) is 14.4 Å². The zero-order valence-electron chi connectivity index (χ0n) is 27.8. The summed E-state index contributed by atoms with van der Waals surface area (Å²) in [5.74, 6) is -2.48. The third kappa shape index (κ3) is 8.13. The summed E-state index contributed by atoms with van der Waals surface area (Å²) in [6.07, 6.45) is 4.50. The molecule has 4 aromatic rings. The maximum Gasteiger partial charge on any atom is 0.290 e. The Morgan fingerprint density at radius 2 is 1.80 bits per heavy atom. The van der Waals surface area contributed by atoms with Crippen LogP contribution in [0.15, 0.2) is 48.9 Å². The molecule has 14 nitrogen and oxygen atoms in total. The molecule has 2 fully saturated rings. The lowest BCUT2D eigenvalue weighted by Crippen LogP contribution is -2.55. The van der Waals surface area contributed by atoms with Crippen LogP contribution in [0.1, 0.15) is 29.3 Å². The molecule has 2 atom stereocenters. The van der Waals surface area contributed by atoms with Crippen LogP contribution < -0.4 is 15.4 Å². The highest BCUT2D eigenvalue weighted by Crippen LogP contribution is 2.32. The molecule has 0 saturated carbocycles. The van der Waals surface area contributed by atoms with E-state index in [-0.39, 0.29) is 29.6 Å². The number of nitrogens with one attached hydrogen (secondary N) is 2. The maximum atomic E-state index is 14.8. The number of carbonyl (C=O) groups excluding carboxylic acids is 2. The summed E-state index contributed by atoms with van der Waals surface area (Å²) in [6.45, 7) is 5.83. The number of benzene rings is 2. The molecule has 4 heterocycles. The molecular weight excluding hydrogens is 654 g/mol. The van der Waals surface area contributed by atoms with Crippen LogP contribution in [0.25, 0.3) is 16.9 Å². The van der Waals surface area contributed by atoms with Gasteiger partial charge in [-0.1, -0.05) is 0 Å². The average Bonchev–Trinajstić information content (AvgIpc) is 3.55. The Morgan fingerprint density at radius 1 is 1.12 bits per heavy atom. The fraction of sp³-hybridized carbons (Fsp3) is 0.353. The summed E-state index contributed by atoms with van der Waals surface area (Å²) >= 11 is 0. The van der Waals surface area contributed by atoms with E-state index < -0.39 is 23.7 Å². The number of aliphatic hydroxyl groups excluding tert-OH is 1. The van der Waals surface area contributed by atoms with E-state index in [0.29, 0.717) is 74.1 Å². The normalized spacial score (nSPS) is 17.0. The van der Waals surface area contributed by atoms with Gasteiger partial charge >= 0.3 is 0 Å². The molecule has 0 unspecified atom stereocenters. The van der Waals surface area contributed by atoms with Gasteiger partial charge in [-0.05, 0) is 55.8 Å². The molecule has 0 bridgehead atoms. The number of β-amino-alcohol motifs (C(OH)–C–C–N with tert-alkyl or cyclic N) is 1. The van der Waals surface area contributed by atoms with Crippen molar-refractivity contribution in [3.8, 4) is 23.1 Å². The number of aryl methyl sites for hydroxylation is 1. The molecule has 2 aliphatic heterocycles. The van der Waals surface area contributed by atoms with Crippen molar-refractivity contribution < 1.29 is 38.1 Å². The number of imidazole rings is 1. The van der Waals surface area contributed by atoms with E-state index >= 15 is 0 Å². The summed E-state index contributed by atoms with van der Waals surface area (Å²) in [4.78, 5) is 47.0. The highest BCUT2D eigenvalue weighted by Gasteiger charge is 2.34. The lowest BCUT2D eigenvalue weighted by atomic mass is 9.93.